The van der Waals surface area contributed by atoms with Crippen molar-refractivity contribution < 1.29 is 4.52 Å². The topological polar surface area (TPSA) is 51.0 Å². The van der Waals surface area contributed by atoms with E-state index in [2.05, 4.69) is 50.1 Å². The maximum Gasteiger partial charge on any atom is 0.240 e. The molecule has 1 heterocycles. The number of nitrogens with zero attached hydrogens (tertiary/aromatic N) is 2. The van der Waals surface area contributed by atoms with E-state index < -0.39 is 0 Å². The lowest BCUT2D eigenvalue weighted by Crippen LogP contribution is -2.35. The van der Waals surface area contributed by atoms with Crippen molar-refractivity contribution in [3.05, 3.63) is 11.7 Å². The highest BCUT2D eigenvalue weighted by Crippen LogP contribution is 2.07. The van der Waals surface area contributed by atoms with Gasteiger partial charge >= 0.3 is 0 Å². The Morgan fingerprint density at radius 3 is 2.56 bits per heavy atom. The third-order valence-corrected chi connectivity index (χ3v) is 2.23. The lowest BCUT2D eigenvalue weighted by molar-refractivity contribution is 0.333. The first kappa shape index (κ1) is 13.2. The van der Waals surface area contributed by atoms with Crippen LogP contribution in [0.25, 0.3) is 0 Å². The number of hydrogen-bond donors (Lipinski definition) is 1. The Balaban J connectivity index is 2.39. The SMILES string of the molecule is CC(C)CCc1noc(CNC(C)(C)C)n1. The van der Waals surface area contributed by atoms with Crippen molar-refractivity contribution in [2.24, 2.45) is 5.92 Å². The molecule has 0 amide bonds. The third kappa shape index (κ3) is 5.26. The van der Waals surface area contributed by atoms with E-state index in [4.69, 9.17) is 4.52 Å². The summed E-state index contributed by atoms with van der Waals surface area (Å²) in [5, 5.41) is 7.28. The summed E-state index contributed by atoms with van der Waals surface area (Å²) < 4.78 is 5.17. The Bertz CT molecular complexity index is 312. The molecular formula is C12H23N3O. The van der Waals surface area contributed by atoms with Gasteiger partial charge in [-0.05, 0) is 33.1 Å². The first-order valence-corrected chi connectivity index (χ1v) is 5.93. The molecule has 0 bridgehead atoms. The van der Waals surface area contributed by atoms with E-state index in [1.54, 1.807) is 0 Å². The number of aromatic nitrogens is 2. The highest BCUT2D eigenvalue weighted by Gasteiger charge is 2.12. The van der Waals surface area contributed by atoms with Gasteiger partial charge in [-0.25, -0.2) is 0 Å². The van der Waals surface area contributed by atoms with Gasteiger partial charge < -0.3 is 9.84 Å². The summed E-state index contributed by atoms with van der Waals surface area (Å²) in [6.45, 7) is 11.4. The second kappa shape index (κ2) is 5.43. The average Bonchev–Trinajstić information content (AvgIpc) is 2.58. The van der Waals surface area contributed by atoms with Crippen LogP contribution in [0, 0.1) is 5.92 Å². The molecule has 0 aliphatic rings. The third-order valence-electron chi connectivity index (χ3n) is 2.23. The molecule has 4 nitrogen and oxygen atoms in total. The Kier molecular flexibility index (Phi) is 4.47. The van der Waals surface area contributed by atoms with Crippen molar-refractivity contribution in [1.82, 2.24) is 15.5 Å². The highest BCUT2D eigenvalue weighted by molar-refractivity contribution is 4.87. The van der Waals surface area contributed by atoms with E-state index in [9.17, 15) is 0 Å². The number of aryl methyl sites for hydroxylation is 1. The zero-order chi connectivity index (χ0) is 12.2. The minimum atomic E-state index is 0.0760. The van der Waals surface area contributed by atoms with Crippen LogP contribution in [0.5, 0.6) is 0 Å². The summed E-state index contributed by atoms with van der Waals surface area (Å²) in [6, 6.07) is 0. The number of rotatable bonds is 5. The van der Waals surface area contributed by atoms with Crippen molar-refractivity contribution >= 4 is 0 Å². The predicted molar refractivity (Wildman–Crippen MR) is 64.0 cm³/mol. The molecule has 1 N–H and O–H groups in total. The molecule has 0 spiro atoms. The standard InChI is InChI=1S/C12H23N3O/c1-9(2)6-7-10-14-11(16-15-10)8-13-12(3,4)5/h9,13H,6-8H2,1-5H3. The van der Waals surface area contributed by atoms with Crippen LogP contribution in [-0.4, -0.2) is 15.7 Å². The summed E-state index contributed by atoms with van der Waals surface area (Å²) in [5.74, 6) is 2.17. The maximum absolute atomic E-state index is 5.17. The molecule has 1 aromatic rings. The molecule has 0 aliphatic heterocycles. The van der Waals surface area contributed by atoms with Gasteiger partial charge in [0, 0.05) is 12.0 Å². The summed E-state index contributed by atoms with van der Waals surface area (Å²) in [7, 11) is 0. The smallest absolute Gasteiger partial charge is 0.240 e. The van der Waals surface area contributed by atoms with Gasteiger partial charge in [-0.15, -0.1) is 0 Å². The minimum absolute atomic E-state index is 0.0760. The van der Waals surface area contributed by atoms with E-state index in [-0.39, 0.29) is 5.54 Å². The fraction of sp³-hybridized carbons (Fsp3) is 0.833. The molecule has 0 fully saturated rings. The molecule has 0 saturated heterocycles. The lowest BCUT2D eigenvalue weighted by Gasteiger charge is -2.18. The zero-order valence-electron chi connectivity index (χ0n) is 11.0. The van der Waals surface area contributed by atoms with Crippen molar-refractivity contribution in [2.75, 3.05) is 0 Å². The van der Waals surface area contributed by atoms with Gasteiger partial charge in [-0.1, -0.05) is 19.0 Å². The Labute approximate surface area is 97.8 Å². The quantitative estimate of drug-likeness (QED) is 0.836. The average molecular weight is 225 g/mol. The zero-order valence-corrected chi connectivity index (χ0v) is 11.0. The van der Waals surface area contributed by atoms with Gasteiger partial charge in [0.25, 0.3) is 0 Å². The molecule has 0 aliphatic carbocycles. The molecule has 0 atom stereocenters. The lowest BCUT2D eigenvalue weighted by atomic mass is 10.1. The maximum atomic E-state index is 5.17. The normalized spacial score (nSPS) is 12.4. The van der Waals surface area contributed by atoms with Gasteiger partial charge in [0.15, 0.2) is 5.82 Å². The molecule has 0 radical (unpaired) electrons. The van der Waals surface area contributed by atoms with Crippen LogP contribution in [0.15, 0.2) is 4.52 Å². The van der Waals surface area contributed by atoms with Crippen LogP contribution in [0.2, 0.25) is 0 Å². The van der Waals surface area contributed by atoms with Crippen LogP contribution >= 0.6 is 0 Å². The Morgan fingerprint density at radius 2 is 2.00 bits per heavy atom. The highest BCUT2D eigenvalue weighted by atomic mass is 16.5. The fourth-order valence-corrected chi connectivity index (χ4v) is 1.22. The fourth-order valence-electron chi connectivity index (χ4n) is 1.22. The first-order valence-electron chi connectivity index (χ1n) is 5.93. The number of hydrogen-bond acceptors (Lipinski definition) is 4. The monoisotopic (exact) mass is 225 g/mol. The molecule has 16 heavy (non-hydrogen) atoms. The molecular weight excluding hydrogens is 202 g/mol. The number of nitrogens with one attached hydrogen (secondary N) is 1. The van der Waals surface area contributed by atoms with Crippen molar-refractivity contribution in [3.8, 4) is 0 Å². The Morgan fingerprint density at radius 1 is 1.31 bits per heavy atom. The van der Waals surface area contributed by atoms with Gasteiger partial charge in [0.05, 0.1) is 6.54 Å². The van der Waals surface area contributed by atoms with Crippen molar-refractivity contribution in [2.45, 2.75) is 59.5 Å². The molecule has 0 aromatic carbocycles. The van der Waals surface area contributed by atoms with Gasteiger partial charge in [0.1, 0.15) is 0 Å². The van der Waals surface area contributed by atoms with Gasteiger partial charge in [-0.3, -0.25) is 0 Å². The van der Waals surface area contributed by atoms with E-state index in [1.807, 2.05) is 0 Å². The predicted octanol–water partition coefficient (Wildman–Crippen LogP) is 2.55. The van der Waals surface area contributed by atoms with E-state index in [0.29, 0.717) is 18.4 Å². The van der Waals surface area contributed by atoms with Crippen LogP contribution < -0.4 is 5.32 Å². The van der Waals surface area contributed by atoms with E-state index >= 15 is 0 Å². The summed E-state index contributed by atoms with van der Waals surface area (Å²) in [5.41, 5.74) is 0.0760. The van der Waals surface area contributed by atoms with E-state index in [1.165, 1.54) is 0 Å². The molecule has 0 saturated carbocycles. The first-order chi connectivity index (χ1) is 7.37. The molecule has 4 heteroatoms. The van der Waals surface area contributed by atoms with Crippen molar-refractivity contribution in [1.29, 1.82) is 0 Å². The Hall–Kier alpha value is -0.900. The van der Waals surface area contributed by atoms with Crippen LogP contribution in [0.4, 0.5) is 0 Å². The van der Waals surface area contributed by atoms with Crippen molar-refractivity contribution in [3.63, 3.8) is 0 Å². The summed E-state index contributed by atoms with van der Waals surface area (Å²) in [4.78, 5) is 4.34. The van der Waals surface area contributed by atoms with Crippen LogP contribution in [0.3, 0.4) is 0 Å². The second-order valence-electron chi connectivity index (χ2n) is 5.64. The summed E-state index contributed by atoms with van der Waals surface area (Å²) >= 11 is 0. The molecule has 1 rings (SSSR count). The minimum Gasteiger partial charge on any atom is -0.338 e. The molecule has 92 valence electrons. The molecule has 0 unspecified atom stereocenters. The van der Waals surface area contributed by atoms with Crippen LogP contribution in [0.1, 0.15) is 52.8 Å². The largest absolute Gasteiger partial charge is 0.338 e. The van der Waals surface area contributed by atoms with Gasteiger partial charge in [-0.2, -0.15) is 4.98 Å². The van der Waals surface area contributed by atoms with Gasteiger partial charge in [0.2, 0.25) is 5.89 Å². The summed E-state index contributed by atoms with van der Waals surface area (Å²) in [6.07, 6.45) is 2.00. The van der Waals surface area contributed by atoms with Crippen LogP contribution in [-0.2, 0) is 13.0 Å². The molecule has 1 aromatic heterocycles. The second-order valence-corrected chi connectivity index (χ2v) is 5.64. The van der Waals surface area contributed by atoms with E-state index in [0.717, 1.165) is 18.7 Å².